The Bertz CT molecular complexity index is 1150. The number of ether oxygens (including phenoxy) is 1. The number of carboxylic acid groups (broad SMARTS) is 1. The zero-order valence-corrected chi connectivity index (χ0v) is 20.9. The zero-order chi connectivity index (χ0) is 25.2. The number of likely N-dealkylation sites (tertiary alicyclic amines) is 1. The van der Waals surface area contributed by atoms with E-state index in [1.54, 1.807) is 0 Å². The Balaban J connectivity index is 1.40. The van der Waals surface area contributed by atoms with E-state index in [4.69, 9.17) is 14.7 Å². The van der Waals surface area contributed by atoms with Gasteiger partial charge in [0.15, 0.2) is 6.61 Å². The Hall–Kier alpha value is -3.64. The maximum atomic E-state index is 11.1. The van der Waals surface area contributed by atoms with Crippen molar-refractivity contribution in [1.82, 2.24) is 4.90 Å². The number of hydrogen-bond donors (Lipinski definition) is 1. The van der Waals surface area contributed by atoms with Crippen LogP contribution in [0.3, 0.4) is 0 Å². The van der Waals surface area contributed by atoms with Crippen LogP contribution in [0.25, 0.3) is 11.1 Å². The molecule has 0 unspecified atom stereocenters. The van der Waals surface area contributed by atoms with Crippen LogP contribution in [0.15, 0.2) is 78.0 Å². The predicted molar refractivity (Wildman–Crippen MR) is 143 cm³/mol. The molecule has 6 heteroatoms. The molecular weight excluding hydrogens is 452 g/mol. The molecule has 0 aliphatic carbocycles. The third kappa shape index (κ3) is 7.18. The second-order valence-corrected chi connectivity index (χ2v) is 9.11. The molecule has 1 aliphatic rings. The van der Waals surface area contributed by atoms with Crippen LogP contribution in [0.5, 0.6) is 5.75 Å². The summed E-state index contributed by atoms with van der Waals surface area (Å²) in [6.45, 7) is 5.41. The Morgan fingerprint density at radius 3 is 2.33 bits per heavy atom. The molecule has 1 heterocycles. The van der Waals surface area contributed by atoms with Gasteiger partial charge in [-0.05, 0) is 61.2 Å². The number of aliphatic carboxylic acids is 1. The van der Waals surface area contributed by atoms with Crippen molar-refractivity contribution >= 4 is 11.7 Å². The first kappa shape index (κ1) is 25.5. The first-order valence-corrected chi connectivity index (χ1v) is 12.6. The summed E-state index contributed by atoms with van der Waals surface area (Å²) >= 11 is 0. The first-order chi connectivity index (χ1) is 17.6. The van der Waals surface area contributed by atoms with E-state index in [9.17, 15) is 4.79 Å². The molecule has 6 nitrogen and oxygen atoms in total. The summed E-state index contributed by atoms with van der Waals surface area (Å²) in [6, 6.07) is 24.3. The average molecular weight is 487 g/mol. The van der Waals surface area contributed by atoms with Gasteiger partial charge in [-0.2, -0.15) is 0 Å². The Kier molecular flexibility index (Phi) is 9.11. The monoisotopic (exact) mass is 486 g/mol. The van der Waals surface area contributed by atoms with Crippen molar-refractivity contribution in [3.8, 4) is 16.9 Å². The molecule has 4 rings (SSSR count). The molecule has 3 aromatic carbocycles. The summed E-state index contributed by atoms with van der Waals surface area (Å²) in [5.41, 5.74) is 5.92. The number of hydrogen-bond acceptors (Lipinski definition) is 5. The van der Waals surface area contributed by atoms with Crippen molar-refractivity contribution in [1.29, 1.82) is 0 Å². The maximum absolute atomic E-state index is 11.1. The number of carbonyl (C=O) groups is 1. The van der Waals surface area contributed by atoms with Crippen molar-refractivity contribution in [2.24, 2.45) is 5.16 Å². The van der Waals surface area contributed by atoms with Crippen LogP contribution in [-0.4, -0.2) is 54.5 Å². The predicted octanol–water partition coefficient (Wildman–Crippen LogP) is 5.57. The topological polar surface area (TPSA) is 71.4 Å². The minimum atomic E-state index is -0.856. The molecule has 1 fully saturated rings. The van der Waals surface area contributed by atoms with E-state index < -0.39 is 5.97 Å². The normalized spacial score (nSPS) is 14.4. The van der Waals surface area contributed by atoms with Crippen LogP contribution in [0.2, 0.25) is 0 Å². The summed E-state index contributed by atoms with van der Waals surface area (Å²) in [5.74, 6) is -0.183. The molecule has 0 spiro atoms. The molecule has 0 saturated carbocycles. The van der Waals surface area contributed by atoms with Crippen molar-refractivity contribution in [3.63, 3.8) is 0 Å². The van der Waals surface area contributed by atoms with Crippen LogP contribution >= 0.6 is 0 Å². The van der Waals surface area contributed by atoms with Gasteiger partial charge in [-0.1, -0.05) is 78.3 Å². The van der Waals surface area contributed by atoms with Gasteiger partial charge in [0.25, 0.3) is 0 Å². The fourth-order valence-electron chi connectivity index (χ4n) is 4.47. The van der Waals surface area contributed by atoms with Gasteiger partial charge in [-0.25, -0.2) is 0 Å². The minimum Gasteiger partial charge on any atom is -0.490 e. The van der Waals surface area contributed by atoms with Crippen molar-refractivity contribution < 1.29 is 19.5 Å². The zero-order valence-electron chi connectivity index (χ0n) is 20.9. The average Bonchev–Trinajstić information content (AvgIpc) is 2.91. The lowest BCUT2D eigenvalue weighted by atomic mass is 10.0. The van der Waals surface area contributed by atoms with Crippen molar-refractivity contribution in [3.05, 3.63) is 89.5 Å². The van der Waals surface area contributed by atoms with Gasteiger partial charge in [0.05, 0.1) is 6.42 Å². The molecule has 36 heavy (non-hydrogen) atoms. The Morgan fingerprint density at radius 1 is 0.889 bits per heavy atom. The van der Waals surface area contributed by atoms with Gasteiger partial charge in [0, 0.05) is 12.1 Å². The maximum Gasteiger partial charge on any atom is 0.307 e. The van der Waals surface area contributed by atoms with Gasteiger partial charge >= 0.3 is 5.97 Å². The summed E-state index contributed by atoms with van der Waals surface area (Å²) in [7, 11) is 0. The van der Waals surface area contributed by atoms with E-state index in [1.165, 1.54) is 30.4 Å². The summed E-state index contributed by atoms with van der Waals surface area (Å²) in [5, 5.41) is 13.6. The molecule has 0 atom stereocenters. The lowest BCUT2D eigenvalue weighted by molar-refractivity contribution is -0.136. The molecule has 1 N–H and O–H groups in total. The molecule has 0 bridgehead atoms. The molecule has 0 aromatic heterocycles. The van der Waals surface area contributed by atoms with Gasteiger partial charge < -0.3 is 14.7 Å². The number of nitrogens with zero attached hydrogens (tertiary/aromatic N) is 2. The molecular formula is C30H34N2O4. The van der Waals surface area contributed by atoms with E-state index in [1.807, 2.05) is 43.3 Å². The van der Waals surface area contributed by atoms with Crippen LogP contribution in [-0.2, 0) is 16.1 Å². The highest BCUT2D eigenvalue weighted by Gasteiger charge is 2.15. The minimum absolute atomic E-state index is 0.0211. The highest BCUT2D eigenvalue weighted by molar-refractivity contribution is 6.02. The van der Waals surface area contributed by atoms with E-state index in [-0.39, 0.29) is 6.42 Å². The highest BCUT2D eigenvalue weighted by Crippen LogP contribution is 2.22. The Morgan fingerprint density at radius 2 is 1.61 bits per heavy atom. The Labute approximate surface area is 213 Å². The van der Waals surface area contributed by atoms with E-state index in [0.29, 0.717) is 19.0 Å². The second kappa shape index (κ2) is 12.9. The third-order valence-electron chi connectivity index (χ3n) is 6.49. The smallest absolute Gasteiger partial charge is 0.307 e. The molecule has 0 radical (unpaired) electrons. The van der Waals surface area contributed by atoms with Gasteiger partial charge in [-0.3, -0.25) is 9.69 Å². The second-order valence-electron chi connectivity index (χ2n) is 9.11. The quantitative estimate of drug-likeness (QED) is 0.218. The molecule has 1 saturated heterocycles. The van der Waals surface area contributed by atoms with E-state index in [2.05, 4.69) is 46.5 Å². The molecule has 0 amide bonds. The lowest BCUT2D eigenvalue weighted by Gasteiger charge is -2.26. The van der Waals surface area contributed by atoms with Crippen LogP contribution in [0, 0.1) is 6.92 Å². The SMILES string of the molecule is Cc1c(CC(=O)O)cccc1OCCON=C(CN1CCCCC1)c1ccc(-c2ccccc2)cc1. The van der Waals surface area contributed by atoms with Crippen molar-refractivity contribution in [2.75, 3.05) is 32.8 Å². The third-order valence-corrected chi connectivity index (χ3v) is 6.49. The number of piperidine rings is 1. The highest BCUT2D eigenvalue weighted by atomic mass is 16.6. The largest absolute Gasteiger partial charge is 0.490 e. The molecule has 3 aromatic rings. The summed E-state index contributed by atoms with van der Waals surface area (Å²) in [4.78, 5) is 19.2. The molecule has 188 valence electrons. The van der Waals surface area contributed by atoms with Gasteiger partial charge in [-0.15, -0.1) is 0 Å². The summed E-state index contributed by atoms with van der Waals surface area (Å²) < 4.78 is 5.86. The standard InChI is InChI=1S/C30H34N2O4/c1-23-27(21-30(33)34)11-8-12-29(23)35-19-20-36-31-28(22-32-17-6-3-7-18-32)26-15-13-25(14-16-26)24-9-4-2-5-10-24/h2,4-5,8-16H,3,6-7,17-22H2,1H3,(H,33,34). The van der Waals surface area contributed by atoms with Gasteiger partial charge in [0.1, 0.15) is 18.1 Å². The number of carboxylic acids is 1. The van der Waals surface area contributed by atoms with E-state index >= 15 is 0 Å². The van der Waals surface area contributed by atoms with Crippen LogP contribution < -0.4 is 4.74 Å². The fraction of sp³-hybridized carbons (Fsp3) is 0.333. The van der Waals surface area contributed by atoms with E-state index in [0.717, 1.165) is 42.0 Å². The molecule has 1 aliphatic heterocycles. The van der Waals surface area contributed by atoms with Crippen LogP contribution in [0.1, 0.15) is 36.0 Å². The van der Waals surface area contributed by atoms with Crippen molar-refractivity contribution in [2.45, 2.75) is 32.6 Å². The van der Waals surface area contributed by atoms with Gasteiger partial charge in [0.2, 0.25) is 0 Å². The lowest BCUT2D eigenvalue weighted by Crippen LogP contribution is -2.35. The van der Waals surface area contributed by atoms with Crippen LogP contribution in [0.4, 0.5) is 0 Å². The fourth-order valence-corrected chi connectivity index (χ4v) is 4.47. The summed E-state index contributed by atoms with van der Waals surface area (Å²) in [6.07, 6.45) is 3.70. The number of oxime groups is 1. The number of rotatable bonds is 11. The number of benzene rings is 3. The first-order valence-electron chi connectivity index (χ1n) is 12.6.